The SMILES string of the molecule is Brc1ccn2c(C3CCCSC3)ncc2c1. The van der Waals surface area contributed by atoms with Gasteiger partial charge in [0.05, 0.1) is 11.7 Å². The lowest BCUT2D eigenvalue weighted by Gasteiger charge is -2.20. The predicted molar refractivity (Wildman–Crippen MR) is 72.2 cm³/mol. The van der Waals surface area contributed by atoms with Crippen molar-refractivity contribution in [3.8, 4) is 0 Å². The van der Waals surface area contributed by atoms with Gasteiger partial charge in [-0.1, -0.05) is 15.9 Å². The van der Waals surface area contributed by atoms with Crippen molar-refractivity contribution in [2.75, 3.05) is 11.5 Å². The van der Waals surface area contributed by atoms with Crippen molar-refractivity contribution in [3.63, 3.8) is 0 Å². The van der Waals surface area contributed by atoms with E-state index in [1.807, 2.05) is 6.20 Å². The van der Waals surface area contributed by atoms with E-state index in [4.69, 9.17) is 0 Å². The Hall–Kier alpha value is -0.480. The summed E-state index contributed by atoms with van der Waals surface area (Å²) in [6.07, 6.45) is 6.68. The third-order valence-electron chi connectivity index (χ3n) is 3.05. The second-order valence-corrected chi connectivity index (χ2v) is 6.24. The summed E-state index contributed by atoms with van der Waals surface area (Å²) in [5.74, 6) is 4.39. The number of fused-ring (bicyclic) bond motifs is 1. The maximum atomic E-state index is 4.59. The molecule has 3 heterocycles. The van der Waals surface area contributed by atoms with E-state index in [1.165, 1.54) is 35.7 Å². The first-order valence-corrected chi connectivity index (χ1v) is 7.49. The summed E-state index contributed by atoms with van der Waals surface area (Å²) in [6.45, 7) is 0. The molecular weight excluding hydrogens is 284 g/mol. The molecule has 0 spiro atoms. The normalized spacial score (nSPS) is 21.4. The smallest absolute Gasteiger partial charge is 0.117 e. The number of imidazole rings is 1. The fourth-order valence-corrected chi connectivity index (χ4v) is 3.73. The van der Waals surface area contributed by atoms with Crippen LogP contribution in [0.2, 0.25) is 0 Å². The van der Waals surface area contributed by atoms with Crippen molar-refractivity contribution in [1.29, 1.82) is 0 Å². The number of nitrogens with zero attached hydrogens (tertiary/aromatic N) is 2. The molecule has 1 aliphatic heterocycles. The Bertz CT molecular complexity index is 503. The van der Waals surface area contributed by atoms with Gasteiger partial charge in [0.2, 0.25) is 0 Å². The number of hydrogen-bond donors (Lipinski definition) is 0. The van der Waals surface area contributed by atoms with E-state index in [-0.39, 0.29) is 0 Å². The molecule has 0 saturated carbocycles. The Morgan fingerprint density at radius 1 is 1.50 bits per heavy atom. The van der Waals surface area contributed by atoms with Gasteiger partial charge in [0.15, 0.2) is 0 Å². The van der Waals surface area contributed by atoms with Crippen molar-refractivity contribution < 1.29 is 0 Å². The summed E-state index contributed by atoms with van der Waals surface area (Å²) in [4.78, 5) is 4.59. The van der Waals surface area contributed by atoms with Crippen molar-refractivity contribution in [3.05, 3.63) is 34.8 Å². The molecule has 3 rings (SSSR count). The Morgan fingerprint density at radius 3 is 3.25 bits per heavy atom. The van der Waals surface area contributed by atoms with Crippen molar-refractivity contribution in [2.24, 2.45) is 0 Å². The average molecular weight is 297 g/mol. The summed E-state index contributed by atoms with van der Waals surface area (Å²) in [5, 5.41) is 0. The minimum absolute atomic E-state index is 0.627. The average Bonchev–Trinajstić information content (AvgIpc) is 2.73. The second-order valence-electron chi connectivity index (χ2n) is 4.17. The van der Waals surface area contributed by atoms with E-state index in [2.05, 4.69) is 55.4 Å². The van der Waals surface area contributed by atoms with Gasteiger partial charge in [-0.15, -0.1) is 0 Å². The standard InChI is InChI=1S/C12H13BrN2S/c13-10-3-4-15-11(6-10)7-14-12(15)9-2-1-5-16-8-9/h3-4,6-7,9H,1-2,5,8H2. The fraction of sp³-hybridized carbons (Fsp3) is 0.417. The molecule has 1 aliphatic rings. The van der Waals surface area contributed by atoms with Crippen LogP contribution >= 0.6 is 27.7 Å². The third kappa shape index (κ3) is 1.89. The molecule has 1 saturated heterocycles. The summed E-state index contributed by atoms with van der Waals surface area (Å²) >= 11 is 5.54. The van der Waals surface area contributed by atoms with Crippen molar-refractivity contribution >= 4 is 33.2 Å². The summed E-state index contributed by atoms with van der Waals surface area (Å²) in [6, 6.07) is 4.20. The number of aromatic nitrogens is 2. The molecule has 16 heavy (non-hydrogen) atoms. The van der Waals surface area contributed by atoms with Crippen LogP contribution in [-0.2, 0) is 0 Å². The molecule has 2 aromatic rings. The van der Waals surface area contributed by atoms with Gasteiger partial charge >= 0.3 is 0 Å². The zero-order valence-electron chi connectivity index (χ0n) is 8.90. The van der Waals surface area contributed by atoms with Crippen LogP contribution in [-0.4, -0.2) is 20.9 Å². The van der Waals surface area contributed by atoms with Gasteiger partial charge in [0.1, 0.15) is 5.82 Å². The number of rotatable bonds is 1. The summed E-state index contributed by atoms with van der Waals surface area (Å²) in [7, 11) is 0. The molecular formula is C12H13BrN2S. The number of hydrogen-bond acceptors (Lipinski definition) is 2. The Morgan fingerprint density at radius 2 is 2.44 bits per heavy atom. The van der Waals surface area contributed by atoms with Gasteiger partial charge in [-0.3, -0.25) is 0 Å². The van der Waals surface area contributed by atoms with Crippen LogP contribution in [0.1, 0.15) is 24.6 Å². The van der Waals surface area contributed by atoms with E-state index < -0.39 is 0 Å². The van der Waals surface area contributed by atoms with E-state index >= 15 is 0 Å². The maximum Gasteiger partial charge on any atom is 0.117 e. The molecule has 2 nitrogen and oxygen atoms in total. The first-order chi connectivity index (χ1) is 7.84. The zero-order chi connectivity index (χ0) is 11.0. The summed E-state index contributed by atoms with van der Waals surface area (Å²) < 4.78 is 3.34. The van der Waals surface area contributed by atoms with Crippen molar-refractivity contribution in [1.82, 2.24) is 9.38 Å². The highest BCUT2D eigenvalue weighted by Gasteiger charge is 2.19. The van der Waals surface area contributed by atoms with E-state index in [1.54, 1.807) is 0 Å². The highest BCUT2D eigenvalue weighted by atomic mass is 79.9. The molecule has 84 valence electrons. The molecule has 0 aromatic carbocycles. The first kappa shape index (κ1) is 10.7. The topological polar surface area (TPSA) is 17.3 Å². The molecule has 2 aromatic heterocycles. The lowest BCUT2D eigenvalue weighted by Crippen LogP contribution is -2.11. The Kier molecular flexibility index (Phi) is 2.94. The van der Waals surface area contributed by atoms with E-state index in [0.717, 1.165) is 4.47 Å². The molecule has 1 unspecified atom stereocenters. The highest BCUT2D eigenvalue weighted by molar-refractivity contribution is 9.10. The lowest BCUT2D eigenvalue weighted by atomic mass is 10.1. The zero-order valence-corrected chi connectivity index (χ0v) is 11.3. The number of thioether (sulfide) groups is 1. The molecule has 0 radical (unpaired) electrons. The molecule has 0 aliphatic carbocycles. The minimum atomic E-state index is 0.627. The first-order valence-electron chi connectivity index (χ1n) is 5.55. The van der Waals surface area contributed by atoms with Gasteiger partial charge in [-0.25, -0.2) is 4.98 Å². The lowest BCUT2D eigenvalue weighted by molar-refractivity contribution is 0.621. The predicted octanol–water partition coefficient (Wildman–Crippen LogP) is 3.71. The monoisotopic (exact) mass is 296 g/mol. The second kappa shape index (κ2) is 4.41. The summed E-state index contributed by atoms with van der Waals surface area (Å²) in [5.41, 5.74) is 1.18. The van der Waals surface area contributed by atoms with Gasteiger partial charge in [-0.05, 0) is 30.7 Å². The maximum absolute atomic E-state index is 4.59. The third-order valence-corrected chi connectivity index (χ3v) is 4.76. The van der Waals surface area contributed by atoms with Gasteiger partial charge in [0, 0.05) is 22.3 Å². The van der Waals surface area contributed by atoms with Crippen LogP contribution in [0.4, 0.5) is 0 Å². The van der Waals surface area contributed by atoms with Crippen LogP contribution in [0.3, 0.4) is 0 Å². The van der Waals surface area contributed by atoms with Crippen LogP contribution in [0.15, 0.2) is 29.0 Å². The molecule has 0 amide bonds. The van der Waals surface area contributed by atoms with E-state index in [0.29, 0.717) is 5.92 Å². The molecule has 0 bridgehead atoms. The molecule has 1 fully saturated rings. The largest absolute Gasteiger partial charge is 0.303 e. The fourth-order valence-electron chi connectivity index (χ4n) is 2.24. The highest BCUT2D eigenvalue weighted by Crippen LogP contribution is 2.31. The van der Waals surface area contributed by atoms with Crippen LogP contribution in [0, 0.1) is 0 Å². The van der Waals surface area contributed by atoms with Gasteiger partial charge in [-0.2, -0.15) is 11.8 Å². The van der Waals surface area contributed by atoms with Gasteiger partial charge in [0.25, 0.3) is 0 Å². The molecule has 1 atom stereocenters. The van der Waals surface area contributed by atoms with Crippen LogP contribution < -0.4 is 0 Å². The minimum Gasteiger partial charge on any atom is -0.303 e. The number of pyridine rings is 1. The number of halogens is 1. The Balaban J connectivity index is 2.03. The van der Waals surface area contributed by atoms with Gasteiger partial charge < -0.3 is 4.40 Å². The van der Waals surface area contributed by atoms with Crippen LogP contribution in [0.5, 0.6) is 0 Å². The van der Waals surface area contributed by atoms with Crippen molar-refractivity contribution in [2.45, 2.75) is 18.8 Å². The molecule has 0 N–H and O–H groups in total. The van der Waals surface area contributed by atoms with E-state index in [9.17, 15) is 0 Å². The Labute approximate surface area is 108 Å². The quantitative estimate of drug-likeness (QED) is 0.798. The molecule has 4 heteroatoms. The van der Waals surface area contributed by atoms with Crippen LogP contribution in [0.25, 0.3) is 5.52 Å².